The van der Waals surface area contributed by atoms with Crippen molar-refractivity contribution in [1.82, 2.24) is 9.91 Å². The molecule has 2 aromatic carbocycles. The predicted molar refractivity (Wildman–Crippen MR) is 121 cm³/mol. The third kappa shape index (κ3) is 5.28. The molecule has 1 aliphatic carbocycles. The fourth-order valence-corrected chi connectivity index (χ4v) is 3.96. The van der Waals surface area contributed by atoms with Gasteiger partial charge < -0.3 is 9.64 Å². The number of amides is 2. The number of rotatable bonds is 9. The highest BCUT2D eigenvalue weighted by molar-refractivity contribution is 6.03. The smallest absolute Gasteiger partial charge is 0.269 e. The molecule has 34 heavy (non-hydrogen) atoms. The van der Waals surface area contributed by atoms with Crippen molar-refractivity contribution in [2.24, 2.45) is 11.0 Å². The zero-order chi connectivity index (χ0) is 24.2. The van der Waals surface area contributed by atoms with Crippen LogP contribution in [0.1, 0.15) is 36.4 Å². The summed E-state index contributed by atoms with van der Waals surface area (Å²) in [6.45, 7) is 0.399. The van der Waals surface area contributed by atoms with E-state index in [1.165, 1.54) is 41.3 Å². The molecule has 1 aliphatic heterocycles. The summed E-state index contributed by atoms with van der Waals surface area (Å²) in [7, 11) is 1.53. The highest BCUT2D eigenvalue weighted by Crippen LogP contribution is 2.35. The van der Waals surface area contributed by atoms with Gasteiger partial charge in [0.2, 0.25) is 5.91 Å². The minimum atomic E-state index is -0.590. The molecular weight excluding hydrogens is 443 g/mol. The number of carbonyl (C=O) groups excluding carboxylic acids is 2. The van der Waals surface area contributed by atoms with Crippen molar-refractivity contribution >= 4 is 23.2 Å². The van der Waals surface area contributed by atoms with Gasteiger partial charge in [-0.15, -0.1) is 0 Å². The Kier molecular flexibility index (Phi) is 6.97. The number of carbonyl (C=O) groups is 2. The van der Waals surface area contributed by atoms with Crippen molar-refractivity contribution in [1.29, 1.82) is 0 Å². The Hall–Kier alpha value is -3.66. The summed E-state index contributed by atoms with van der Waals surface area (Å²) in [5.74, 6) is -0.940. The number of methoxy groups -OCH3 is 1. The molecule has 0 bridgehead atoms. The number of hydrogen-bond donors (Lipinski definition) is 0. The second kappa shape index (κ2) is 10.1. The zero-order valence-corrected chi connectivity index (χ0v) is 18.7. The Bertz CT molecular complexity index is 1120. The van der Waals surface area contributed by atoms with E-state index >= 15 is 0 Å². The van der Waals surface area contributed by atoms with Crippen molar-refractivity contribution in [2.75, 3.05) is 26.8 Å². The molecule has 4 rings (SSSR count). The van der Waals surface area contributed by atoms with Gasteiger partial charge in [-0.1, -0.05) is 24.3 Å². The summed E-state index contributed by atoms with van der Waals surface area (Å²) < 4.78 is 18.5. The molecule has 2 aromatic rings. The van der Waals surface area contributed by atoms with Gasteiger partial charge in [-0.05, 0) is 36.1 Å². The summed E-state index contributed by atoms with van der Waals surface area (Å²) in [4.78, 5) is 38.4. The SMILES string of the molecule is COCCN(CC(=O)N1N=C(c2ccc(F)cc2)C[C@H]1c1cccc([N+](=O)[O-])c1)C(=O)C1CC1. The molecular formula is C24H25FN4O5. The Balaban J connectivity index is 1.63. The highest BCUT2D eigenvalue weighted by Gasteiger charge is 2.38. The number of hydrogen-bond acceptors (Lipinski definition) is 6. The number of benzene rings is 2. The number of halogens is 1. The fourth-order valence-electron chi connectivity index (χ4n) is 3.96. The first kappa shape index (κ1) is 23.5. The van der Waals surface area contributed by atoms with Crippen LogP contribution in [0.15, 0.2) is 53.6 Å². The molecule has 1 saturated carbocycles. The number of ether oxygens (including phenoxy) is 1. The maximum Gasteiger partial charge on any atom is 0.269 e. The topological polar surface area (TPSA) is 105 Å². The second-order valence-corrected chi connectivity index (χ2v) is 8.39. The van der Waals surface area contributed by atoms with Gasteiger partial charge >= 0.3 is 0 Å². The highest BCUT2D eigenvalue weighted by atomic mass is 19.1. The van der Waals surface area contributed by atoms with Crippen molar-refractivity contribution in [3.05, 3.63) is 75.6 Å². The number of nitro groups is 1. The Morgan fingerprint density at radius 3 is 2.62 bits per heavy atom. The van der Waals surface area contributed by atoms with Crippen molar-refractivity contribution in [2.45, 2.75) is 25.3 Å². The van der Waals surface area contributed by atoms with Crippen LogP contribution in [0.25, 0.3) is 0 Å². The van der Waals surface area contributed by atoms with Crippen LogP contribution in [0.2, 0.25) is 0 Å². The van der Waals surface area contributed by atoms with E-state index in [1.54, 1.807) is 24.3 Å². The van der Waals surface area contributed by atoms with Crippen molar-refractivity contribution < 1.29 is 23.6 Å². The fraction of sp³-hybridized carbons (Fsp3) is 0.375. The van der Waals surface area contributed by atoms with Crippen LogP contribution in [-0.2, 0) is 14.3 Å². The van der Waals surface area contributed by atoms with E-state index in [0.29, 0.717) is 29.9 Å². The second-order valence-electron chi connectivity index (χ2n) is 8.39. The summed E-state index contributed by atoms with van der Waals surface area (Å²) in [5.41, 5.74) is 1.67. The molecule has 1 atom stereocenters. The third-order valence-corrected chi connectivity index (χ3v) is 5.94. The molecule has 9 nitrogen and oxygen atoms in total. The first-order valence-electron chi connectivity index (χ1n) is 11.0. The normalized spacial score (nSPS) is 17.4. The maximum atomic E-state index is 13.4. The van der Waals surface area contributed by atoms with E-state index in [0.717, 1.165) is 12.8 Å². The van der Waals surface area contributed by atoms with Crippen molar-refractivity contribution in [3.8, 4) is 0 Å². The number of non-ortho nitro benzene ring substituents is 1. The van der Waals surface area contributed by atoms with Crippen LogP contribution in [-0.4, -0.2) is 59.2 Å². The largest absolute Gasteiger partial charge is 0.383 e. The van der Waals surface area contributed by atoms with Gasteiger partial charge in [-0.25, -0.2) is 9.40 Å². The lowest BCUT2D eigenvalue weighted by Gasteiger charge is -2.27. The van der Waals surface area contributed by atoms with Gasteiger partial charge in [0.05, 0.1) is 23.3 Å². The summed E-state index contributed by atoms with van der Waals surface area (Å²) in [5, 5.41) is 17.1. The lowest BCUT2D eigenvalue weighted by Crippen LogP contribution is -2.43. The van der Waals surface area contributed by atoms with Crippen LogP contribution in [0.5, 0.6) is 0 Å². The molecule has 10 heteroatoms. The molecule has 2 amide bonds. The average Bonchev–Trinajstić information content (AvgIpc) is 3.59. The standard InChI is InChI=1S/C24H25FN4O5/c1-34-12-11-27(24(31)17-5-6-17)15-23(30)28-22(18-3-2-4-20(13-18)29(32)33)14-21(26-28)16-7-9-19(25)10-8-16/h2-4,7-10,13,17,22H,5-6,11-12,14-15H2,1H3/t22-/m0/s1. The lowest BCUT2D eigenvalue weighted by atomic mass is 9.98. The monoisotopic (exact) mass is 468 g/mol. The maximum absolute atomic E-state index is 13.4. The van der Waals surface area contributed by atoms with E-state index in [4.69, 9.17) is 4.74 Å². The Morgan fingerprint density at radius 1 is 1.24 bits per heavy atom. The molecule has 1 heterocycles. The van der Waals surface area contributed by atoms with Crippen LogP contribution >= 0.6 is 0 Å². The Labute approximate surface area is 195 Å². The average molecular weight is 468 g/mol. The number of nitro benzene ring substituents is 1. The van der Waals surface area contributed by atoms with E-state index in [1.807, 2.05) is 0 Å². The van der Waals surface area contributed by atoms with Gasteiger partial charge in [0.1, 0.15) is 12.4 Å². The van der Waals surface area contributed by atoms with Crippen LogP contribution in [0, 0.1) is 21.8 Å². The molecule has 178 valence electrons. The quantitative estimate of drug-likeness (QED) is 0.415. The summed E-state index contributed by atoms with van der Waals surface area (Å²) in [6, 6.07) is 11.3. The van der Waals surface area contributed by atoms with Crippen LogP contribution in [0.4, 0.5) is 10.1 Å². The predicted octanol–water partition coefficient (Wildman–Crippen LogP) is 3.30. The van der Waals surface area contributed by atoms with E-state index in [2.05, 4.69) is 5.10 Å². The molecule has 1 fully saturated rings. The molecule has 0 N–H and O–H groups in total. The molecule has 0 spiro atoms. The molecule has 0 saturated heterocycles. The van der Waals surface area contributed by atoms with Crippen molar-refractivity contribution in [3.63, 3.8) is 0 Å². The molecule has 0 aromatic heterocycles. The number of nitrogens with zero attached hydrogens (tertiary/aromatic N) is 4. The summed E-state index contributed by atoms with van der Waals surface area (Å²) in [6.07, 6.45) is 1.92. The molecule has 0 unspecified atom stereocenters. The van der Waals surface area contributed by atoms with Gasteiger partial charge in [-0.3, -0.25) is 19.7 Å². The van der Waals surface area contributed by atoms with Gasteiger partial charge in [0.15, 0.2) is 0 Å². The van der Waals surface area contributed by atoms with Crippen LogP contribution < -0.4 is 0 Å². The van der Waals surface area contributed by atoms with E-state index in [9.17, 15) is 24.1 Å². The first-order valence-corrected chi connectivity index (χ1v) is 11.0. The van der Waals surface area contributed by atoms with Gasteiger partial charge in [0.25, 0.3) is 11.6 Å². The zero-order valence-electron chi connectivity index (χ0n) is 18.7. The van der Waals surface area contributed by atoms with E-state index in [-0.39, 0.29) is 30.6 Å². The van der Waals surface area contributed by atoms with E-state index < -0.39 is 22.7 Å². The summed E-state index contributed by atoms with van der Waals surface area (Å²) >= 11 is 0. The van der Waals surface area contributed by atoms with Gasteiger partial charge in [0, 0.05) is 38.1 Å². The van der Waals surface area contributed by atoms with Crippen LogP contribution in [0.3, 0.4) is 0 Å². The molecule has 2 aliphatic rings. The minimum Gasteiger partial charge on any atom is -0.383 e. The third-order valence-electron chi connectivity index (χ3n) is 5.94. The lowest BCUT2D eigenvalue weighted by molar-refractivity contribution is -0.385. The van der Waals surface area contributed by atoms with Gasteiger partial charge in [-0.2, -0.15) is 5.10 Å². The Morgan fingerprint density at radius 2 is 1.97 bits per heavy atom. The minimum absolute atomic E-state index is 0.0610. The number of hydrazone groups is 1. The first-order chi connectivity index (χ1) is 16.4. The molecule has 0 radical (unpaired) electrons.